The van der Waals surface area contributed by atoms with Crippen molar-refractivity contribution in [2.45, 2.75) is 31.1 Å². The van der Waals surface area contributed by atoms with Crippen molar-refractivity contribution in [3.05, 3.63) is 0 Å². The van der Waals surface area contributed by atoms with Crippen molar-refractivity contribution in [1.29, 1.82) is 0 Å². The maximum Gasteiger partial charge on any atom is 0.217 e. The van der Waals surface area contributed by atoms with E-state index in [0.29, 0.717) is 6.54 Å². The molecule has 78 valence electrons. The Morgan fingerprint density at radius 2 is 2.08 bits per heavy atom. The molecule has 1 saturated carbocycles. The minimum atomic E-state index is -3.07. The first-order valence-corrected chi connectivity index (χ1v) is 6.12. The summed E-state index contributed by atoms with van der Waals surface area (Å²) >= 11 is 0. The molecular weight excluding hydrogens is 188 g/mol. The van der Waals surface area contributed by atoms with Gasteiger partial charge in [-0.2, -0.15) is 0 Å². The van der Waals surface area contributed by atoms with Crippen LogP contribution in [0.25, 0.3) is 0 Å². The molecular formula is C8H18N2O2S. The van der Waals surface area contributed by atoms with Gasteiger partial charge in [0.25, 0.3) is 0 Å². The monoisotopic (exact) mass is 206 g/mol. The zero-order chi connectivity index (χ0) is 10.1. The average Bonchev–Trinajstić information content (AvgIpc) is 2.86. The predicted molar refractivity (Wildman–Crippen MR) is 53.1 cm³/mol. The molecule has 0 aromatic rings. The molecule has 0 aromatic heterocycles. The van der Waals surface area contributed by atoms with Crippen LogP contribution in [0.2, 0.25) is 0 Å². The number of nitrogens with one attached hydrogen (secondary N) is 1. The van der Waals surface area contributed by atoms with Gasteiger partial charge in [0.2, 0.25) is 10.0 Å². The summed E-state index contributed by atoms with van der Waals surface area (Å²) in [7, 11) is 0.380. The summed E-state index contributed by atoms with van der Waals surface area (Å²) in [6.45, 7) is 2.25. The van der Waals surface area contributed by atoms with E-state index in [4.69, 9.17) is 0 Å². The molecule has 13 heavy (non-hydrogen) atoms. The van der Waals surface area contributed by atoms with Gasteiger partial charge < -0.3 is 5.32 Å². The topological polar surface area (TPSA) is 49.4 Å². The third kappa shape index (κ3) is 2.42. The van der Waals surface area contributed by atoms with E-state index in [1.807, 2.05) is 0 Å². The van der Waals surface area contributed by atoms with Crippen molar-refractivity contribution in [2.24, 2.45) is 0 Å². The van der Waals surface area contributed by atoms with Crippen LogP contribution in [0.4, 0.5) is 0 Å². The van der Waals surface area contributed by atoms with Gasteiger partial charge in [0.15, 0.2) is 0 Å². The Hall–Kier alpha value is -0.130. The number of hydrogen-bond acceptors (Lipinski definition) is 3. The second-order valence-electron chi connectivity index (χ2n) is 3.66. The maximum absolute atomic E-state index is 11.8. The third-order valence-electron chi connectivity index (χ3n) is 2.46. The molecule has 5 heteroatoms. The van der Waals surface area contributed by atoms with E-state index < -0.39 is 10.0 Å². The summed E-state index contributed by atoms with van der Waals surface area (Å²) in [6.07, 6.45) is 2.03. The summed E-state index contributed by atoms with van der Waals surface area (Å²) in [5, 5.41) is 2.55. The molecule has 1 unspecified atom stereocenters. The van der Waals surface area contributed by atoms with Gasteiger partial charge in [-0.15, -0.1) is 0 Å². The van der Waals surface area contributed by atoms with Gasteiger partial charge in [0.05, 0.1) is 5.25 Å². The van der Waals surface area contributed by atoms with E-state index in [0.717, 1.165) is 12.8 Å². The Morgan fingerprint density at radius 3 is 2.46 bits per heavy atom. The molecule has 0 saturated heterocycles. The van der Waals surface area contributed by atoms with E-state index in [1.165, 1.54) is 4.31 Å². The van der Waals surface area contributed by atoms with Crippen LogP contribution in [-0.4, -0.2) is 44.7 Å². The first kappa shape index (κ1) is 10.9. The summed E-state index contributed by atoms with van der Waals surface area (Å²) in [5.74, 6) is 0. The molecule has 0 bridgehead atoms. The van der Waals surface area contributed by atoms with Gasteiger partial charge in [-0.1, -0.05) is 0 Å². The van der Waals surface area contributed by atoms with Gasteiger partial charge >= 0.3 is 0 Å². The van der Waals surface area contributed by atoms with Gasteiger partial charge in [0.1, 0.15) is 0 Å². The lowest BCUT2D eigenvalue weighted by Gasteiger charge is -2.21. The highest BCUT2D eigenvalue weighted by molar-refractivity contribution is 7.89. The van der Waals surface area contributed by atoms with Gasteiger partial charge in [-0.05, 0) is 26.8 Å². The molecule has 0 aliphatic heterocycles. The summed E-state index contributed by atoms with van der Waals surface area (Å²) < 4.78 is 25.1. The van der Waals surface area contributed by atoms with Gasteiger partial charge in [0, 0.05) is 19.6 Å². The Balaban J connectivity index is 2.62. The fraction of sp³-hybridized carbons (Fsp3) is 1.00. The highest BCUT2D eigenvalue weighted by atomic mass is 32.2. The van der Waals surface area contributed by atoms with Crippen LogP contribution >= 0.6 is 0 Å². The number of sulfonamides is 1. The predicted octanol–water partition coefficient (Wildman–Crippen LogP) is 0.0183. The summed E-state index contributed by atoms with van der Waals surface area (Å²) in [5.41, 5.74) is 0. The zero-order valence-electron chi connectivity index (χ0n) is 8.45. The highest BCUT2D eigenvalue weighted by Crippen LogP contribution is 2.28. The SMILES string of the molecule is CNCC(C)S(=O)(=O)N(C)C1CC1. The van der Waals surface area contributed by atoms with E-state index in [9.17, 15) is 8.42 Å². The normalized spacial score (nSPS) is 20.6. The molecule has 1 fully saturated rings. The standard InChI is InChI=1S/C8H18N2O2S/c1-7(6-9-2)13(11,12)10(3)8-4-5-8/h7-9H,4-6H2,1-3H3. The number of nitrogens with zero attached hydrogens (tertiary/aromatic N) is 1. The lowest BCUT2D eigenvalue weighted by Crippen LogP contribution is -2.40. The second kappa shape index (κ2) is 3.94. The maximum atomic E-state index is 11.8. The lowest BCUT2D eigenvalue weighted by atomic mass is 10.5. The summed E-state index contributed by atoms with van der Waals surface area (Å²) in [6, 6.07) is 0.268. The highest BCUT2D eigenvalue weighted by Gasteiger charge is 2.36. The van der Waals surface area contributed by atoms with E-state index >= 15 is 0 Å². The first-order chi connectivity index (χ1) is 6.00. The Bertz CT molecular complexity index is 259. The van der Waals surface area contributed by atoms with Crippen LogP contribution in [0.1, 0.15) is 19.8 Å². The van der Waals surface area contributed by atoms with E-state index in [1.54, 1.807) is 21.0 Å². The number of rotatable bonds is 5. The smallest absolute Gasteiger partial charge is 0.217 e. The van der Waals surface area contributed by atoms with Gasteiger partial charge in [-0.3, -0.25) is 0 Å². The van der Waals surface area contributed by atoms with Crippen LogP contribution in [-0.2, 0) is 10.0 Å². The van der Waals surface area contributed by atoms with Crippen LogP contribution < -0.4 is 5.32 Å². The van der Waals surface area contributed by atoms with Gasteiger partial charge in [-0.25, -0.2) is 12.7 Å². The third-order valence-corrected chi connectivity index (χ3v) is 4.75. The molecule has 1 N–H and O–H groups in total. The van der Waals surface area contributed by atoms with Crippen LogP contribution in [0.3, 0.4) is 0 Å². The van der Waals surface area contributed by atoms with Crippen molar-refractivity contribution < 1.29 is 8.42 Å². The van der Waals surface area contributed by atoms with E-state index in [2.05, 4.69) is 5.32 Å². The fourth-order valence-corrected chi connectivity index (χ4v) is 2.89. The fourth-order valence-electron chi connectivity index (χ4n) is 1.32. The Labute approximate surface area is 80.4 Å². The van der Waals surface area contributed by atoms with Crippen LogP contribution in [0.15, 0.2) is 0 Å². The van der Waals surface area contributed by atoms with Crippen molar-refractivity contribution in [3.63, 3.8) is 0 Å². The first-order valence-electron chi connectivity index (χ1n) is 4.61. The average molecular weight is 206 g/mol. The molecule has 1 atom stereocenters. The van der Waals surface area contributed by atoms with Crippen molar-refractivity contribution in [3.8, 4) is 0 Å². The molecule has 0 radical (unpaired) electrons. The van der Waals surface area contributed by atoms with Crippen LogP contribution in [0.5, 0.6) is 0 Å². The molecule has 1 rings (SSSR count). The molecule has 0 spiro atoms. The zero-order valence-corrected chi connectivity index (χ0v) is 9.26. The minimum absolute atomic E-state index is 0.268. The Kier molecular flexibility index (Phi) is 3.32. The molecule has 0 amide bonds. The largest absolute Gasteiger partial charge is 0.318 e. The minimum Gasteiger partial charge on any atom is -0.318 e. The molecule has 4 nitrogen and oxygen atoms in total. The van der Waals surface area contributed by atoms with Crippen molar-refractivity contribution in [1.82, 2.24) is 9.62 Å². The number of hydrogen-bond donors (Lipinski definition) is 1. The van der Waals surface area contributed by atoms with Crippen molar-refractivity contribution >= 4 is 10.0 Å². The molecule has 1 aliphatic carbocycles. The van der Waals surface area contributed by atoms with E-state index in [-0.39, 0.29) is 11.3 Å². The second-order valence-corrected chi connectivity index (χ2v) is 6.07. The van der Waals surface area contributed by atoms with Crippen LogP contribution in [0, 0.1) is 0 Å². The summed E-state index contributed by atoms with van der Waals surface area (Å²) in [4.78, 5) is 0. The molecule has 0 heterocycles. The van der Waals surface area contributed by atoms with Crippen molar-refractivity contribution in [2.75, 3.05) is 20.6 Å². The molecule has 1 aliphatic rings. The Morgan fingerprint density at radius 1 is 1.54 bits per heavy atom. The quantitative estimate of drug-likeness (QED) is 0.690. The lowest BCUT2D eigenvalue weighted by molar-refractivity contribution is 0.453. The molecule has 0 aromatic carbocycles.